The van der Waals surface area contributed by atoms with E-state index in [1.54, 1.807) is 24.4 Å². The van der Waals surface area contributed by atoms with Gasteiger partial charge >= 0.3 is 0 Å². The SMILES string of the molecule is C=C1CC(C)CC1C(=O)Nc1ccc(-c2nc3cc(NC(=O)c4ccc(C)cc4)ncc3[nH]2)cc1.CC. The van der Waals surface area contributed by atoms with E-state index in [4.69, 9.17) is 0 Å². The maximum atomic E-state index is 12.6. The summed E-state index contributed by atoms with van der Waals surface area (Å²) in [6, 6.07) is 16.7. The average Bonchev–Trinajstić information content (AvgIpc) is 3.48. The summed E-state index contributed by atoms with van der Waals surface area (Å²) in [7, 11) is 0. The second-order valence-electron chi connectivity index (χ2n) is 9.31. The number of fused-ring (bicyclic) bond motifs is 1. The van der Waals surface area contributed by atoms with Gasteiger partial charge in [0.25, 0.3) is 5.91 Å². The van der Waals surface area contributed by atoms with Crippen LogP contribution < -0.4 is 10.6 Å². The van der Waals surface area contributed by atoms with Gasteiger partial charge in [0.05, 0.1) is 23.1 Å². The Kier molecular flexibility index (Phi) is 7.82. The lowest BCUT2D eigenvalue weighted by molar-refractivity contribution is -0.118. The summed E-state index contributed by atoms with van der Waals surface area (Å²) in [5.74, 6) is 1.28. The fraction of sp³-hybridized carbons (Fsp3) is 0.267. The monoisotopic (exact) mass is 495 g/mol. The van der Waals surface area contributed by atoms with E-state index in [2.05, 4.69) is 39.1 Å². The largest absolute Gasteiger partial charge is 0.337 e. The van der Waals surface area contributed by atoms with Gasteiger partial charge in [0.15, 0.2) is 0 Å². The number of carbonyl (C=O) groups excluding carboxylic acids is 2. The van der Waals surface area contributed by atoms with Crippen molar-refractivity contribution in [3.63, 3.8) is 0 Å². The number of H-pyrrole nitrogens is 1. The number of aromatic amines is 1. The molecule has 1 saturated carbocycles. The number of amides is 2. The van der Waals surface area contributed by atoms with Crippen molar-refractivity contribution in [2.75, 3.05) is 10.6 Å². The van der Waals surface area contributed by atoms with Gasteiger partial charge in [0.2, 0.25) is 5.91 Å². The fourth-order valence-electron chi connectivity index (χ4n) is 4.48. The highest BCUT2D eigenvalue weighted by Crippen LogP contribution is 2.35. The second kappa shape index (κ2) is 11.2. The number of anilines is 2. The van der Waals surface area contributed by atoms with Crippen LogP contribution in [0.5, 0.6) is 0 Å². The van der Waals surface area contributed by atoms with E-state index in [0.29, 0.717) is 28.6 Å². The lowest BCUT2D eigenvalue weighted by Crippen LogP contribution is -2.21. The molecule has 1 fully saturated rings. The van der Waals surface area contributed by atoms with Crippen molar-refractivity contribution in [3.05, 3.63) is 84.1 Å². The number of rotatable bonds is 5. The normalized spacial score (nSPS) is 16.7. The van der Waals surface area contributed by atoms with Gasteiger partial charge in [-0.25, -0.2) is 9.97 Å². The third-order valence-electron chi connectivity index (χ3n) is 6.41. The summed E-state index contributed by atoms with van der Waals surface area (Å²) in [5, 5.41) is 5.82. The molecule has 2 aromatic carbocycles. The molecule has 7 heteroatoms. The minimum atomic E-state index is -0.221. The first-order valence-electron chi connectivity index (χ1n) is 12.7. The number of nitrogens with one attached hydrogen (secondary N) is 3. The number of nitrogens with zero attached hydrogens (tertiary/aromatic N) is 2. The molecule has 0 aliphatic heterocycles. The molecule has 7 nitrogen and oxygen atoms in total. The molecule has 0 spiro atoms. The molecule has 0 radical (unpaired) electrons. The Morgan fingerprint density at radius 3 is 2.38 bits per heavy atom. The molecule has 2 amide bonds. The number of pyridine rings is 1. The van der Waals surface area contributed by atoms with Crippen molar-refractivity contribution in [2.24, 2.45) is 11.8 Å². The van der Waals surface area contributed by atoms with Gasteiger partial charge in [0, 0.05) is 22.9 Å². The van der Waals surface area contributed by atoms with E-state index in [0.717, 1.165) is 40.7 Å². The Balaban J connectivity index is 0.00000156. The predicted octanol–water partition coefficient (Wildman–Crippen LogP) is 6.75. The molecule has 1 aliphatic rings. The summed E-state index contributed by atoms with van der Waals surface area (Å²) in [5.41, 5.74) is 5.75. The molecule has 2 heterocycles. The Morgan fingerprint density at radius 2 is 1.73 bits per heavy atom. The van der Waals surface area contributed by atoms with E-state index < -0.39 is 0 Å². The smallest absolute Gasteiger partial charge is 0.256 e. The number of aromatic nitrogens is 3. The van der Waals surface area contributed by atoms with Crippen molar-refractivity contribution >= 4 is 34.4 Å². The van der Waals surface area contributed by atoms with E-state index in [1.165, 1.54) is 0 Å². The lowest BCUT2D eigenvalue weighted by Gasteiger charge is -2.12. The lowest BCUT2D eigenvalue weighted by atomic mass is 10.0. The summed E-state index contributed by atoms with van der Waals surface area (Å²) in [6.45, 7) is 12.2. The number of benzene rings is 2. The number of aryl methyl sites for hydroxylation is 1. The van der Waals surface area contributed by atoms with E-state index in [9.17, 15) is 9.59 Å². The fourth-order valence-corrected chi connectivity index (χ4v) is 4.48. The number of hydrogen-bond donors (Lipinski definition) is 3. The minimum Gasteiger partial charge on any atom is -0.337 e. The average molecular weight is 496 g/mol. The highest BCUT2D eigenvalue weighted by molar-refractivity contribution is 6.04. The highest BCUT2D eigenvalue weighted by Gasteiger charge is 2.30. The van der Waals surface area contributed by atoms with Crippen LogP contribution >= 0.6 is 0 Å². The molecule has 0 bridgehead atoms. The Bertz CT molecular complexity index is 1420. The summed E-state index contributed by atoms with van der Waals surface area (Å²) in [6.07, 6.45) is 3.42. The maximum Gasteiger partial charge on any atom is 0.256 e. The van der Waals surface area contributed by atoms with Crippen molar-refractivity contribution in [3.8, 4) is 11.4 Å². The third-order valence-corrected chi connectivity index (χ3v) is 6.41. The molecular formula is C30H33N5O2. The van der Waals surface area contributed by atoms with Gasteiger partial charge in [-0.15, -0.1) is 0 Å². The van der Waals surface area contributed by atoms with Crippen LogP contribution in [0, 0.1) is 18.8 Å². The van der Waals surface area contributed by atoms with Gasteiger partial charge in [-0.3, -0.25) is 9.59 Å². The first kappa shape index (κ1) is 25.8. The van der Waals surface area contributed by atoms with Gasteiger partial charge in [0.1, 0.15) is 11.6 Å². The van der Waals surface area contributed by atoms with Crippen molar-refractivity contribution in [1.82, 2.24) is 15.0 Å². The molecule has 5 rings (SSSR count). The van der Waals surface area contributed by atoms with Crippen LogP contribution in [0.15, 0.2) is 72.9 Å². The number of hydrogen-bond acceptors (Lipinski definition) is 4. The molecule has 2 aromatic heterocycles. The predicted molar refractivity (Wildman–Crippen MR) is 149 cm³/mol. The summed E-state index contributed by atoms with van der Waals surface area (Å²) < 4.78 is 0. The third kappa shape index (κ3) is 5.94. The van der Waals surface area contributed by atoms with Crippen LogP contribution in [0.25, 0.3) is 22.4 Å². The van der Waals surface area contributed by atoms with Crippen LogP contribution in [-0.2, 0) is 4.79 Å². The van der Waals surface area contributed by atoms with Gasteiger partial charge in [-0.05, 0) is 62.1 Å². The maximum absolute atomic E-state index is 12.6. The highest BCUT2D eigenvalue weighted by atomic mass is 16.2. The second-order valence-corrected chi connectivity index (χ2v) is 9.31. The van der Waals surface area contributed by atoms with Crippen LogP contribution in [0.2, 0.25) is 0 Å². The number of carbonyl (C=O) groups is 2. The first-order valence-corrected chi connectivity index (χ1v) is 12.7. The van der Waals surface area contributed by atoms with Gasteiger partial charge in [-0.1, -0.05) is 50.6 Å². The quantitative estimate of drug-likeness (QED) is 0.267. The first-order chi connectivity index (χ1) is 17.9. The minimum absolute atomic E-state index is 0.00197. The Morgan fingerprint density at radius 1 is 1.03 bits per heavy atom. The van der Waals surface area contributed by atoms with Crippen LogP contribution in [0.3, 0.4) is 0 Å². The van der Waals surface area contributed by atoms with Crippen LogP contribution in [-0.4, -0.2) is 26.8 Å². The molecule has 1 aliphatic carbocycles. The molecule has 2 atom stereocenters. The van der Waals surface area contributed by atoms with Gasteiger partial charge < -0.3 is 15.6 Å². The van der Waals surface area contributed by atoms with Crippen LogP contribution in [0.1, 0.15) is 49.5 Å². The Hall–Kier alpha value is -4.26. The molecular weight excluding hydrogens is 462 g/mol. The molecule has 37 heavy (non-hydrogen) atoms. The molecule has 3 N–H and O–H groups in total. The summed E-state index contributed by atoms with van der Waals surface area (Å²) in [4.78, 5) is 37.4. The number of imidazole rings is 1. The molecule has 4 aromatic rings. The standard InChI is InChI=1S/C28H27N5O2.C2H6/c1-16-4-6-20(7-5-16)27(34)33-25-14-23-24(15-29-25)32-26(31-23)19-8-10-21(11-9-19)30-28(35)22-13-17(2)12-18(22)3;1-2/h4-11,14-15,17,22H,3,12-13H2,1-2H3,(H,30,35)(H,31,32)(H,29,33,34);1-2H3. The van der Waals surface area contributed by atoms with Crippen LogP contribution in [0.4, 0.5) is 11.5 Å². The molecule has 2 unspecified atom stereocenters. The van der Waals surface area contributed by atoms with E-state index >= 15 is 0 Å². The molecule has 190 valence electrons. The zero-order valence-corrected chi connectivity index (χ0v) is 21.8. The zero-order chi connectivity index (χ0) is 26.5. The zero-order valence-electron chi connectivity index (χ0n) is 21.8. The topological polar surface area (TPSA) is 99.8 Å². The molecule has 0 saturated heterocycles. The van der Waals surface area contributed by atoms with Crippen molar-refractivity contribution in [1.29, 1.82) is 0 Å². The van der Waals surface area contributed by atoms with E-state index in [1.807, 2.05) is 57.2 Å². The van der Waals surface area contributed by atoms with Gasteiger partial charge in [-0.2, -0.15) is 0 Å². The Labute approximate surface area is 217 Å². The van der Waals surface area contributed by atoms with Crippen molar-refractivity contribution < 1.29 is 9.59 Å². The van der Waals surface area contributed by atoms with Crippen molar-refractivity contribution in [2.45, 2.75) is 40.5 Å². The summed E-state index contributed by atoms with van der Waals surface area (Å²) >= 11 is 0. The van der Waals surface area contributed by atoms with E-state index in [-0.39, 0.29) is 17.7 Å².